The van der Waals surface area contributed by atoms with E-state index in [1.165, 1.54) is 12.1 Å². The predicted octanol–water partition coefficient (Wildman–Crippen LogP) is 4.60. The number of para-hydroxylation sites is 1. The van der Waals surface area contributed by atoms with E-state index in [9.17, 15) is 14.0 Å². The highest BCUT2D eigenvalue weighted by Gasteiger charge is 2.20. The second kappa shape index (κ2) is 9.03. The van der Waals surface area contributed by atoms with Crippen LogP contribution in [0.4, 0.5) is 4.39 Å². The highest BCUT2D eigenvalue weighted by Crippen LogP contribution is 2.25. The lowest BCUT2D eigenvalue weighted by Gasteiger charge is -2.20. The molecule has 0 aliphatic carbocycles. The van der Waals surface area contributed by atoms with Crippen molar-refractivity contribution in [3.8, 4) is 11.3 Å². The van der Waals surface area contributed by atoms with E-state index in [4.69, 9.17) is 4.74 Å². The van der Waals surface area contributed by atoms with Crippen molar-refractivity contribution in [1.82, 2.24) is 9.88 Å². The number of likely N-dealkylation sites (tertiary alicyclic amines) is 1. The summed E-state index contributed by atoms with van der Waals surface area (Å²) in [6.07, 6.45) is 4.21. The average Bonchev–Trinajstić information content (AvgIpc) is 3.06. The van der Waals surface area contributed by atoms with Crippen molar-refractivity contribution < 1.29 is 18.7 Å². The van der Waals surface area contributed by atoms with Gasteiger partial charge in [-0.15, -0.1) is 0 Å². The highest BCUT2D eigenvalue weighted by atomic mass is 19.1. The number of fused-ring (bicyclic) bond motifs is 1. The molecule has 6 heteroatoms. The number of aromatic nitrogens is 1. The number of pyridine rings is 1. The molecule has 0 bridgehead atoms. The van der Waals surface area contributed by atoms with Gasteiger partial charge in [-0.2, -0.15) is 0 Å². The quantitative estimate of drug-likeness (QED) is 0.594. The first kappa shape index (κ1) is 20.0. The van der Waals surface area contributed by atoms with Crippen LogP contribution >= 0.6 is 0 Å². The maximum absolute atomic E-state index is 13.3. The zero-order chi connectivity index (χ0) is 20.9. The molecule has 1 aromatic heterocycles. The van der Waals surface area contributed by atoms with Crippen LogP contribution in [-0.4, -0.2) is 41.5 Å². The molecule has 0 spiro atoms. The molecule has 154 valence electrons. The first-order chi connectivity index (χ1) is 14.6. The van der Waals surface area contributed by atoms with Crippen molar-refractivity contribution in [3.63, 3.8) is 0 Å². The number of nitrogens with zero attached hydrogens (tertiary/aromatic N) is 2. The lowest BCUT2D eigenvalue weighted by molar-refractivity contribution is -0.134. The van der Waals surface area contributed by atoms with Crippen LogP contribution in [0.5, 0.6) is 0 Å². The van der Waals surface area contributed by atoms with E-state index in [-0.39, 0.29) is 18.3 Å². The Hall–Kier alpha value is -3.28. The fraction of sp³-hybridized carbons (Fsp3) is 0.292. The summed E-state index contributed by atoms with van der Waals surface area (Å²) in [7, 11) is 0. The molecule has 3 aromatic rings. The molecule has 1 fully saturated rings. The molecule has 1 saturated heterocycles. The minimum atomic E-state index is -0.569. The summed E-state index contributed by atoms with van der Waals surface area (Å²) in [6, 6.07) is 14.8. The standard InChI is InChI=1S/C24H23FN2O3/c25-18-11-9-17(10-12-18)22-15-20(19-7-3-4-8-21(19)26-22)24(29)30-16-23(28)27-13-5-1-2-6-14-27/h3-4,7-12,15H,1-2,5-6,13-14,16H2. The number of carbonyl (C=O) groups excluding carboxylic acids is 2. The molecule has 2 aromatic carbocycles. The number of ether oxygens (including phenoxy) is 1. The van der Waals surface area contributed by atoms with Gasteiger partial charge in [0.25, 0.3) is 5.91 Å². The van der Waals surface area contributed by atoms with E-state index in [2.05, 4.69) is 4.98 Å². The molecular formula is C24H23FN2O3. The predicted molar refractivity (Wildman–Crippen MR) is 112 cm³/mol. The van der Waals surface area contributed by atoms with Crippen LogP contribution in [0, 0.1) is 5.82 Å². The SMILES string of the molecule is O=C(OCC(=O)N1CCCCCC1)c1cc(-c2ccc(F)cc2)nc2ccccc12. The van der Waals surface area contributed by atoms with Crippen LogP contribution in [0.2, 0.25) is 0 Å². The Morgan fingerprint density at radius 2 is 1.67 bits per heavy atom. The zero-order valence-corrected chi connectivity index (χ0v) is 16.6. The number of rotatable bonds is 4. The normalized spacial score (nSPS) is 14.4. The molecule has 0 saturated carbocycles. The van der Waals surface area contributed by atoms with Crippen molar-refractivity contribution >= 4 is 22.8 Å². The third kappa shape index (κ3) is 4.48. The van der Waals surface area contributed by atoms with Gasteiger partial charge in [-0.05, 0) is 49.2 Å². The first-order valence-corrected chi connectivity index (χ1v) is 10.2. The summed E-state index contributed by atoms with van der Waals surface area (Å²) in [5.41, 5.74) is 2.20. The van der Waals surface area contributed by atoms with Crippen LogP contribution in [0.1, 0.15) is 36.0 Å². The Morgan fingerprint density at radius 1 is 0.967 bits per heavy atom. The van der Waals surface area contributed by atoms with Gasteiger partial charge in [0.05, 0.1) is 16.8 Å². The molecule has 0 unspecified atom stereocenters. The minimum absolute atomic E-state index is 0.164. The molecule has 1 aliphatic heterocycles. The van der Waals surface area contributed by atoms with Crippen LogP contribution in [0.15, 0.2) is 54.6 Å². The van der Waals surface area contributed by atoms with Crippen LogP contribution in [0.25, 0.3) is 22.2 Å². The molecule has 1 aliphatic rings. The first-order valence-electron chi connectivity index (χ1n) is 10.2. The second-order valence-corrected chi connectivity index (χ2v) is 7.45. The summed E-state index contributed by atoms with van der Waals surface area (Å²) < 4.78 is 18.7. The van der Waals surface area contributed by atoms with Gasteiger partial charge in [0.1, 0.15) is 5.82 Å². The van der Waals surface area contributed by atoms with E-state index in [0.717, 1.165) is 25.7 Å². The van der Waals surface area contributed by atoms with E-state index in [1.54, 1.807) is 29.2 Å². The van der Waals surface area contributed by atoms with Crippen LogP contribution < -0.4 is 0 Å². The number of hydrogen-bond donors (Lipinski definition) is 0. The van der Waals surface area contributed by atoms with E-state index in [1.807, 2.05) is 18.2 Å². The Balaban J connectivity index is 1.58. The number of benzene rings is 2. The lowest BCUT2D eigenvalue weighted by Crippen LogP contribution is -2.35. The molecule has 2 heterocycles. The van der Waals surface area contributed by atoms with Crippen LogP contribution in [0.3, 0.4) is 0 Å². The Bertz CT molecular complexity index is 1060. The average molecular weight is 406 g/mol. The zero-order valence-electron chi connectivity index (χ0n) is 16.6. The Labute approximate surface area is 174 Å². The summed E-state index contributed by atoms with van der Waals surface area (Å²) >= 11 is 0. The Kier molecular flexibility index (Phi) is 6.02. The van der Waals surface area contributed by atoms with E-state index >= 15 is 0 Å². The number of hydrogen-bond acceptors (Lipinski definition) is 4. The van der Waals surface area contributed by atoms with Gasteiger partial charge >= 0.3 is 5.97 Å². The van der Waals surface area contributed by atoms with E-state index in [0.29, 0.717) is 40.8 Å². The molecular weight excluding hydrogens is 383 g/mol. The maximum atomic E-state index is 13.3. The fourth-order valence-electron chi connectivity index (χ4n) is 3.73. The third-order valence-electron chi connectivity index (χ3n) is 5.36. The van der Waals surface area contributed by atoms with Gasteiger partial charge in [0.15, 0.2) is 6.61 Å². The monoisotopic (exact) mass is 406 g/mol. The largest absolute Gasteiger partial charge is 0.452 e. The molecule has 1 amide bonds. The molecule has 5 nitrogen and oxygen atoms in total. The minimum Gasteiger partial charge on any atom is -0.452 e. The van der Waals surface area contributed by atoms with Gasteiger partial charge in [-0.1, -0.05) is 31.0 Å². The topological polar surface area (TPSA) is 59.5 Å². The van der Waals surface area contributed by atoms with Crippen molar-refractivity contribution in [2.75, 3.05) is 19.7 Å². The van der Waals surface area contributed by atoms with Crippen molar-refractivity contribution in [2.24, 2.45) is 0 Å². The maximum Gasteiger partial charge on any atom is 0.339 e. The van der Waals surface area contributed by atoms with Crippen molar-refractivity contribution in [2.45, 2.75) is 25.7 Å². The Morgan fingerprint density at radius 3 is 2.40 bits per heavy atom. The second-order valence-electron chi connectivity index (χ2n) is 7.45. The molecule has 30 heavy (non-hydrogen) atoms. The fourth-order valence-corrected chi connectivity index (χ4v) is 3.73. The number of carbonyl (C=O) groups is 2. The molecule has 0 N–H and O–H groups in total. The summed E-state index contributed by atoms with van der Waals surface area (Å²) in [4.78, 5) is 31.7. The number of esters is 1. The number of halogens is 1. The van der Waals surface area contributed by atoms with Gasteiger partial charge in [0, 0.05) is 24.0 Å². The summed E-state index contributed by atoms with van der Waals surface area (Å²) in [5, 5.41) is 0.649. The molecule has 0 atom stereocenters. The summed E-state index contributed by atoms with van der Waals surface area (Å²) in [6.45, 7) is 1.15. The number of amides is 1. The summed E-state index contributed by atoms with van der Waals surface area (Å²) in [5.74, 6) is -1.08. The smallest absolute Gasteiger partial charge is 0.339 e. The van der Waals surface area contributed by atoms with Crippen LogP contribution in [-0.2, 0) is 9.53 Å². The van der Waals surface area contributed by atoms with Gasteiger partial charge in [0.2, 0.25) is 0 Å². The van der Waals surface area contributed by atoms with Crippen molar-refractivity contribution in [3.05, 3.63) is 66.0 Å². The molecule has 0 radical (unpaired) electrons. The molecule has 4 rings (SSSR count). The third-order valence-corrected chi connectivity index (χ3v) is 5.36. The van der Waals surface area contributed by atoms with Gasteiger partial charge in [-0.3, -0.25) is 4.79 Å². The highest BCUT2D eigenvalue weighted by molar-refractivity contribution is 6.05. The lowest BCUT2D eigenvalue weighted by atomic mass is 10.0. The van der Waals surface area contributed by atoms with E-state index < -0.39 is 5.97 Å². The van der Waals surface area contributed by atoms with Gasteiger partial charge in [-0.25, -0.2) is 14.2 Å². The van der Waals surface area contributed by atoms with Crippen molar-refractivity contribution in [1.29, 1.82) is 0 Å². The van der Waals surface area contributed by atoms with Gasteiger partial charge < -0.3 is 9.64 Å².